The molecule has 0 aliphatic rings. The molecule has 1 atom stereocenters. The number of aromatic nitrogens is 3. The fourth-order valence-corrected chi connectivity index (χ4v) is 3.91. The highest BCUT2D eigenvalue weighted by Crippen LogP contribution is 2.29. The van der Waals surface area contributed by atoms with E-state index in [1.165, 1.54) is 4.68 Å². The molecule has 0 fully saturated rings. The molecule has 0 aliphatic carbocycles. The minimum atomic E-state index is -0.819. The molecular formula is C25H26N4O4. The fraction of sp³-hybridized carbons (Fsp3) is 0.280. The summed E-state index contributed by atoms with van der Waals surface area (Å²) in [5.41, 5.74) is 2.70. The molecule has 0 spiro atoms. The van der Waals surface area contributed by atoms with Gasteiger partial charge in [0.1, 0.15) is 23.2 Å². The van der Waals surface area contributed by atoms with Gasteiger partial charge in [-0.1, -0.05) is 37.2 Å². The number of aryl methyl sites for hydroxylation is 2. The van der Waals surface area contributed by atoms with Gasteiger partial charge in [-0.15, -0.1) is 0 Å². The molecule has 0 bridgehead atoms. The molecule has 2 aromatic carbocycles. The lowest BCUT2D eigenvalue weighted by atomic mass is 10.1. The second-order valence-electron chi connectivity index (χ2n) is 7.71. The van der Waals surface area contributed by atoms with Crippen molar-refractivity contribution in [2.45, 2.75) is 39.7 Å². The van der Waals surface area contributed by atoms with Crippen molar-refractivity contribution in [2.75, 3.05) is 12.4 Å². The number of anilines is 1. The number of nitrogens with zero attached hydrogens (tertiary/aromatic N) is 3. The Kier molecular flexibility index (Phi) is 6.26. The summed E-state index contributed by atoms with van der Waals surface area (Å²) < 4.78 is 11.8. The largest absolute Gasteiger partial charge is 0.497 e. The molecule has 4 rings (SSSR count). The third-order valence-electron chi connectivity index (χ3n) is 5.72. The molecule has 8 nitrogen and oxygen atoms in total. The number of ether oxygens (including phenoxy) is 1. The number of hydrogen-bond donors (Lipinski definition) is 1. The number of hydrogen-bond acceptors (Lipinski definition) is 6. The highest BCUT2D eigenvalue weighted by molar-refractivity contribution is 5.96. The smallest absolute Gasteiger partial charge is 0.297 e. The van der Waals surface area contributed by atoms with Gasteiger partial charge in [-0.3, -0.25) is 9.59 Å². The molecule has 33 heavy (non-hydrogen) atoms. The maximum absolute atomic E-state index is 13.3. The second kappa shape index (κ2) is 9.28. The highest BCUT2D eigenvalue weighted by Gasteiger charge is 2.26. The summed E-state index contributed by atoms with van der Waals surface area (Å²) in [5, 5.41) is 12.1. The number of carbonyl (C=O) groups is 1. The first-order chi connectivity index (χ1) is 16.0. The number of methoxy groups -OCH3 is 1. The van der Waals surface area contributed by atoms with Crippen molar-refractivity contribution in [3.63, 3.8) is 0 Å². The number of carbonyl (C=O) groups excluding carboxylic acids is 1. The topological polar surface area (TPSA) is 99.2 Å². The van der Waals surface area contributed by atoms with Crippen LogP contribution >= 0.6 is 0 Å². The molecule has 1 amide bonds. The quantitative estimate of drug-likeness (QED) is 0.448. The Hall–Kier alpha value is -3.94. The summed E-state index contributed by atoms with van der Waals surface area (Å²) in [7, 11) is 1.59. The maximum Gasteiger partial charge on any atom is 0.297 e. The van der Waals surface area contributed by atoms with E-state index in [0.29, 0.717) is 29.0 Å². The summed E-state index contributed by atoms with van der Waals surface area (Å²) in [6.07, 6.45) is 1.15. The molecule has 1 N–H and O–H groups in total. The van der Waals surface area contributed by atoms with Crippen LogP contribution in [0.1, 0.15) is 37.6 Å². The normalized spacial score (nSPS) is 12.0. The molecule has 0 saturated heterocycles. The lowest BCUT2D eigenvalue weighted by Gasteiger charge is -2.19. The number of para-hydroxylation sites is 1. The molecule has 4 aromatic rings. The summed E-state index contributed by atoms with van der Waals surface area (Å²) in [6.45, 7) is 5.60. The Morgan fingerprint density at radius 3 is 2.55 bits per heavy atom. The molecule has 0 aliphatic heterocycles. The van der Waals surface area contributed by atoms with E-state index in [1.54, 1.807) is 14.0 Å². The van der Waals surface area contributed by atoms with E-state index in [-0.39, 0.29) is 11.4 Å². The third-order valence-corrected chi connectivity index (χ3v) is 5.72. The monoisotopic (exact) mass is 446 g/mol. The Morgan fingerprint density at radius 1 is 1.15 bits per heavy atom. The maximum atomic E-state index is 13.3. The fourth-order valence-electron chi connectivity index (χ4n) is 3.91. The Bertz CT molecular complexity index is 1360. The molecule has 1 unspecified atom stereocenters. The van der Waals surface area contributed by atoms with E-state index in [9.17, 15) is 9.59 Å². The number of amides is 1. The van der Waals surface area contributed by atoms with Gasteiger partial charge in [0.2, 0.25) is 5.91 Å². The molecular weight excluding hydrogens is 420 g/mol. The van der Waals surface area contributed by atoms with Gasteiger partial charge in [-0.2, -0.15) is 5.10 Å². The minimum absolute atomic E-state index is 0.147. The van der Waals surface area contributed by atoms with E-state index in [1.807, 2.05) is 62.4 Å². The first-order valence-electron chi connectivity index (χ1n) is 10.9. The predicted molar refractivity (Wildman–Crippen MR) is 127 cm³/mol. The molecule has 8 heteroatoms. The van der Waals surface area contributed by atoms with Crippen LogP contribution in [0.5, 0.6) is 5.75 Å². The number of rotatable bonds is 7. The number of benzene rings is 2. The first-order valence-corrected chi connectivity index (χ1v) is 10.9. The van der Waals surface area contributed by atoms with Crippen LogP contribution in [0.2, 0.25) is 0 Å². The van der Waals surface area contributed by atoms with Crippen LogP contribution in [0.3, 0.4) is 0 Å². The molecule has 2 heterocycles. The van der Waals surface area contributed by atoms with Crippen LogP contribution in [0, 0.1) is 6.92 Å². The van der Waals surface area contributed by atoms with Crippen molar-refractivity contribution >= 4 is 22.5 Å². The summed E-state index contributed by atoms with van der Waals surface area (Å²) in [6, 6.07) is 14.1. The number of fused-ring (bicyclic) bond motifs is 1. The van der Waals surface area contributed by atoms with Crippen LogP contribution in [0.4, 0.5) is 5.69 Å². The summed E-state index contributed by atoms with van der Waals surface area (Å²) >= 11 is 0. The summed E-state index contributed by atoms with van der Waals surface area (Å²) in [4.78, 5) is 26.5. The van der Waals surface area contributed by atoms with Gasteiger partial charge in [0.15, 0.2) is 5.52 Å². The lowest BCUT2D eigenvalue weighted by molar-refractivity contribution is -0.119. The second-order valence-corrected chi connectivity index (χ2v) is 7.71. The van der Waals surface area contributed by atoms with Gasteiger partial charge in [-0.05, 0) is 55.7 Å². The van der Waals surface area contributed by atoms with Crippen molar-refractivity contribution in [2.24, 2.45) is 0 Å². The predicted octanol–water partition coefficient (Wildman–Crippen LogP) is 4.52. The van der Waals surface area contributed by atoms with E-state index >= 15 is 0 Å². The zero-order chi connectivity index (χ0) is 23.5. The van der Waals surface area contributed by atoms with Crippen LogP contribution < -0.4 is 15.6 Å². The van der Waals surface area contributed by atoms with Gasteiger partial charge in [0, 0.05) is 11.3 Å². The molecule has 0 saturated carbocycles. The molecule has 2 aromatic heterocycles. The van der Waals surface area contributed by atoms with Gasteiger partial charge in [0.05, 0.1) is 12.5 Å². The van der Waals surface area contributed by atoms with Crippen LogP contribution in [-0.2, 0) is 11.2 Å². The highest BCUT2D eigenvalue weighted by atomic mass is 16.5. The minimum Gasteiger partial charge on any atom is -0.497 e. The third kappa shape index (κ3) is 4.11. The van der Waals surface area contributed by atoms with Crippen LogP contribution in [0.15, 0.2) is 57.8 Å². The van der Waals surface area contributed by atoms with Gasteiger partial charge in [-0.25, -0.2) is 4.68 Å². The van der Waals surface area contributed by atoms with Crippen molar-refractivity contribution < 1.29 is 14.1 Å². The van der Waals surface area contributed by atoms with Gasteiger partial charge < -0.3 is 14.6 Å². The van der Waals surface area contributed by atoms with Crippen molar-refractivity contribution in [3.8, 4) is 17.0 Å². The van der Waals surface area contributed by atoms with Crippen molar-refractivity contribution in [3.05, 3.63) is 70.2 Å². The van der Waals surface area contributed by atoms with E-state index in [4.69, 9.17) is 9.26 Å². The Balaban J connectivity index is 1.82. The van der Waals surface area contributed by atoms with E-state index in [0.717, 1.165) is 23.2 Å². The van der Waals surface area contributed by atoms with Crippen LogP contribution in [-0.4, -0.2) is 28.0 Å². The molecule has 170 valence electrons. The zero-order valence-electron chi connectivity index (χ0n) is 19.1. The Labute approximate surface area is 191 Å². The van der Waals surface area contributed by atoms with Crippen molar-refractivity contribution in [1.82, 2.24) is 14.9 Å². The Morgan fingerprint density at radius 2 is 1.88 bits per heavy atom. The van der Waals surface area contributed by atoms with Crippen LogP contribution in [0.25, 0.3) is 22.2 Å². The number of nitrogens with one attached hydrogen (secondary N) is 1. The average molecular weight is 447 g/mol. The standard InChI is InChI=1S/C25H26N4O4/c1-5-16-9-7-8-10-19(16)26-24(30)20(6-2)29-25(31)23-21(15(3)33-28-23)22(27-29)17-11-13-18(32-4)14-12-17/h7-14,20H,5-6H2,1-4H3,(H,26,30). The van der Waals surface area contributed by atoms with E-state index < -0.39 is 11.6 Å². The van der Waals surface area contributed by atoms with E-state index in [2.05, 4.69) is 15.6 Å². The lowest BCUT2D eigenvalue weighted by Crippen LogP contribution is -2.35. The van der Waals surface area contributed by atoms with Gasteiger partial charge in [0.25, 0.3) is 5.56 Å². The van der Waals surface area contributed by atoms with Gasteiger partial charge >= 0.3 is 0 Å². The first kappa shape index (κ1) is 22.3. The zero-order valence-corrected chi connectivity index (χ0v) is 19.1. The SMILES string of the molecule is CCc1ccccc1NC(=O)C(CC)n1nc(-c2ccc(OC)cc2)c2c(C)onc2c1=O. The summed E-state index contributed by atoms with van der Waals surface area (Å²) in [5.74, 6) is 0.876. The average Bonchev–Trinajstić information content (AvgIpc) is 3.23. The molecule has 0 radical (unpaired) electrons. The van der Waals surface area contributed by atoms with Crippen molar-refractivity contribution in [1.29, 1.82) is 0 Å².